The number of rotatable bonds is 2. The van der Waals surface area contributed by atoms with E-state index in [1.807, 2.05) is 40.7 Å². The van der Waals surface area contributed by atoms with Crippen LogP contribution in [0.15, 0.2) is 48.5 Å². The van der Waals surface area contributed by atoms with Gasteiger partial charge in [0.1, 0.15) is 5.82 Å². The number of nitrogens with one attached hydrogen (secondary N) is 2. The first-order valence-electron chi connectivity index (χ1n) is 12.0. The Labute approximate surface area is 184 Å². The van der Waals surface area contributed by atoms with E-state index >= 15 is 0 Å². The number of benzene rings is 2. The summed E-state index contributed by atoms with van der Waals surface area (Å²) in [6.45, 7) is 14.4. The van der Waals surface area contributed by atoms with Crippen molar-refractivity contribution in [2.75, 3.05) is 26.2 Å². The summed E-state index contributed by atoms with van der Waals surface area (Å²) in [7, 11) is 0. The SMILES string of the molecule is CC.CC.Cc1c(F)cccc1C1CCNCC1.c1ccc(C2CCNCC2)cc1. The summed E-state index contributed by atoms with van der Waals surface area (Å²) in [6, 6.07) is 16.3. The molecule has 0 atom stereocenters. The molecule has 3 heteroatoms. The van der Waals surface area contributed by atoms with Gasteiger partial charge in [0, 0.05) is 0 Å². The van der Waals surface area contributed by atoms with E-state index in [0.717, 1.165) is 37.4 Å². The van der Waals surface area contributed by atoms with E-state index in [1.165, 1.54) is 37.1 Å². The number of piperidine rings is 2. The van der Waals surface area contributed by atoms with Crippen LogP contribution >= 0.6 is 0 Å². The van der Waals surface area contributed by atoms with Gasteiger partial charge >= 0.3 is 0 Å². The lowest BCUT2D eigenvalue weighted by Crippen LogP contribution is -2.27. The van der Waals surface area contributed by atoms with Gasteiger partial charge in [0.25, 0.3) is 0 Å². The second kappa shape index (κ2) is 16.0. The third-order valence-electron chi connectivity index (χ3n) is 5.70. The van der Waals surface area contributed by atoms with E-state index in [9.17, 15) is 4.39 Å². The van der Waals surface area contributed by atoms with Gasteiger partial charge in [-0.2, -0.15) is 0 Å². The van der Waals surface area contributed by atoms with Crippen molar-refractivity contribution in [2.45, 2.75) is 72.1 Å². The second-order valence-corrected chi connectivity index (χ2v) is 7.41. The molecule has 0 aromatic heterocycles. The Morgan fingerprint density at radius 3 is 1.70 bits per heavy atom. The summed E-state index contributed by atoms with van der Waals surface area (Å²) in [5.41, 5.74) is 3.55. The van der Waals surface area contributed by atoms with Gasteiger partial charge in [-0.1, -0.05) is 70.2 Å². The summed E-state index contributed by atoms with van der Waals surface area (Å²) in [6.07, 6.45) is 4.85. The van der Waals surface area contributed by atoms with Crippen molar-refractivity contribution >= 4 is 0 Å². The van der Waals surface area contributed by atoms with Crippen LogP contribution in [-0.4, -0.2) is 26.2 Å². The molecule has 0 spiro atoms. The van der Waals surface area contributed by atoms with Crippen LogP contribution in [-0.2, 0) is 0 Å². The fraction of sp³-hybridized carbons (Fsp3) is 0.556. The number of hydrogen-bond acceptors (Lipinski definition) is 2. The molecular weight excluding hydrogens is 371 g/mol. The highest BCUT2D eigenvalue weighted by Crippen LogP contribution is 2.28. The van der Waals surface area contributed by atoms with Crippen LogP contribution in [0.1, 0.15) is 81.9 Å². The lowest BCUT2D eigenvalue weighted by atomic mass is 9.87. The third-order valence-corrected chi connectivity index (χ3v) is 5.70. The normalized spacial score (nSPS) is 16.7. The quantitative estimate of drug-likeness (QED) is 0.564. The molecular formula is C27H43FN2. The largest absolute Gasteiger partial charge is 0.317 e. The minimum absolute atomic E-state index is 0.0685. The monoisotopic (exact) mass is 414 g/mol. The molecule has 2 aromatic rings. The van der Waals surface area contributed by atoms with E-state index in [1.54, 1.807) is 6.07 Å². The lowest BCUT2D eigenvalue weighted by Gasteiger charge is -2.24. The molecule has 0 unspecified atom stereocenters. The van der Waals surface area contributed by atoms with Gasteiger partial charge in [-0.15, -0.1) is 0 Å². The summed E-state index contributed by atoms with van der Waals surface area (Å²) < 4.78 is 13.3. The van der Waals surface area contributed by atoms with Crippen molar-refractivity contribution < 1.29 is 4.39 Å². The van der Waals surface area contributed by atoms with Gasteiger partial charge in [-0.3, -0.25) is 0 Å². The molecule has 2 nitrogen and oxygen atoms in total. The van der Waals surface area contributed by atoms with E-state index in [2.05, 4.69) is 47.0 Å². The van der Waals surface area contributed by atoms with Crippen LogP contribution < -0.4 is 10.6 Å². The summed E-state index contributed by atoms with van der Waals surface area (Å²) in [5, 5.41) is 6.71. The van der Waals surface area contributed by atoms with Gasteiger partial charge in [-0.05, 0) is 93.4 Å². The lowest BCUT2D eigenvalue weighted by molar-refractivity contribution is 0.456. The van der Waals surface area contributed by atoms with Crippen LogP contribution in [0.25, 0.3) is 0 Å². The first kappa shape index (κ1) is 26.3. The van der Waals surface area contributed by atoms with Gasteiger partial charge in [-0.25, -0.2) is 4.39 Å². The predicted octanol–water partition coefficient (Wildman–Crippen LogP) is 6.81. The van der Waals surface area contributed by atoms with Crippen LogP contribution in [0.3, 0.4) is 0 Å². The highest BCUT2D eigenvalue weighted by Gasteiger charge is 2.17. The topological polar surface area (TPSA) is 24.1 Å². The second-order valence-electron chi connectivity index (χ2n) is 7.41. The Balaban J connectivity index is 0.000000260. The fourth-order valence-electron chi connectivity index (χ4n) is 4.08. The summed E-state index contributed by atoms with van der Waals surface area (Å²) >= 11 is 0. The molecule has 2 fully saturated rings. The van der Waals surface area contributed by atoms with Crippen LogP contribution in [0.4, 0.5) is 4.39 Å². The van der Waals surface area contributed by atoms with Crippen LogP contribution in [0.5, 0.6) is 0 Å². The van der Waals surface area contributed by atoms with Crippen molar-refractivity contribution in [1.29, 1.82) is 0 Å². The first-order valence-corrected chi connectivity index (χ1v) is 12.0. The highest BCUT2D eigenvalue weighted by atomic mass is 19.1. The van der Waals surface area contributed by atoms with Crippen molar-refractivity contribution in [3.05, 3.63) is 71.0 Å². The molecule has 0 aliphatic carbocycles. The highest BCUT2D eigenvalue weighted by molar-refractivity contribution is 5.30. The van der Waals surface area contributed by atoms with Gasteiger partial charge in [0.15, 0.2) is 0 Å². The molecule has 2 N–H and O–H groups in total. The maximum absolute atomic E-state index is 13.3. The Morgan fingerprint density at radius 2 is 1.17 bits per heavy atom. The van der Waals surface area contributed by atoms with E-state index in [0.29, 0.717) is 5.92 Å². The summed E-state index contributed by atoms with van der Waals surface area (Å²) in [5.74, 6) is 1.28. The fourth-order valence-corrected chi connectivity index (χ4v) is 4.08. The molecule has 168 valence electrons. The standard InChI is InChI=1S/C12H16FN.C11H15N.2C2H6/c1-9-11(3-2-4-12(9)13)10-5-7-14-8-6-10;1-2-4-10(5-3-1)11-6-8-12-9-7-11;2*1-2/h2-4,10,14H,5-8H2,1H3;1-5,11-12H,6-9H2;2*1-2H3. The maximum Gasteiger partial charge on any atom is 0.126 e. The molecule has 2 aliphatic heterocycles. The average Bonchev–Trinajstić information content (AvgIpc) is 2.85. The van der Waals surface area contributed by atoms with E-state index in [4.69, 9.17) is 0 Å². The van der Waals surface area contributed by atoms with E-state index in [-0.39, 0.29) is 5.82 Å². The number of halogens is 1. The van der Waals surface area contributed by atoms with Crippen molar-refractivity contribution in [3.8, 4) is 0 Å². The van der Waals surface area contributed by atoms with Gasteiger partial charge < -0.3 is 10.6 Å². The molecule has 0 bridgehead atoms. The number of hydrogen-bond donors (Lipinski definition) is 2. The zero-order valence-corrected chi connectivity index (χ0v) is 19.8. The maximum atomic E-state index is 13.3. The third kappa shape index (κ3) is 8.57. The molecule has 2 saturated heterocycles. The minimum atomic E-state index is -0.0685. The van der Waals surface area contributed by atoms with E-state index < -0.39 is 0 Å². The zero-order valence-electron chi connectivity index (χ0n) is 19.8. The average molecular weight is 415 g/mol. The first-order chi connectivity index (χ1) is 14.8. The Kier molecular flexibility index (Phi) is 14.1. The van der Waals surface area contributed by atoms with Crippen molar-refractivity contribution in [2.24, 2.45) is 0 Å². The molecule has 2 aromatic carbocycles. The molecule has 2 heterocycles. The zero-order chi connectivity index (χ0) is 22.2. The Bertz CT molecular complexity index is 660. The van der Waals surface area contributed by atoms with Gasteiger partial charge in [0.05, 0.1) is 0 Å². The molecule has 2 aliphatic rings. The smallest absolute Gasteiger partial charge is 0.126 e. The predicted molar refractivity (Wildman–Crippen MR) is 130 cm³/mol. The molecule has 0 amide bonds. The molecule has 30 heavy (non-hydrogen) atoms. The molecule has 0 saturated carbocycles. The molecule has 0 radical (unpaired) electrons. The van der Waals surface area contributed by atoms with Gasteiger partial charge in [0.2, 0.25) is 0 Å². The minimum Gasteiger partial charge on any atom is -0.317 e. The summed E-state index contributed by atoms with van der Waals surface area (Å²) in [4.78, 5) is 0. The Morgan fingerprint density at radius 1 is 0.667 bits per heavy atom. The molecule has 4 rings (SSSR count). The van der Waals surface area contributed by atoms with Crippen molar-refractivity contribution in [3.63, 3.8) is 0 Å². The van der Waals surface area contributed by atoms with Crippen molar-refractivity contribution in [1.82, 2.24) is 10.6 Å². The van der Waals surface area contributed by atoms with Crippen LogP contribution in [0, 0.1) is 12.7 Å². The Hall–Kier alpha value is -1.71. The van der Waals surface area contributed by atoms with Crippen LogP contribution in [0.2, 0.25) is 0 Å².